The maximum Gasteiger partial charge on any atom is 0.322 e. The smallest absolute Gasteiger partial charge is 0.322 e. The number of aryl methyl sites for hydroxylation is 1. The molecule has 0 aliphatic rings. The molecule has 0 unspecified atom stereocenters. The Labute approximate surface area is 194 Å². The van der Waals surface area contributed by atoms with Crippen molar-refractivity contribution < 1.29 is 22.7 Å². The average Bonchev–Trinajstić information content (AvgIpc) is 3.40. The van der Waals surface area contributed by atoms with Gasteiger partial charge >= 0.3 is 5.97 Å². The maximum absolute atomic E-state index is 13.6. The first kappa shape index (κ1) is 22.7. The number of halogens is 1. The van der Waals surface area contributed by atoms with E-state index in [1.54, 1.807) is 18.3 Å². The zero-order valence-electron chi connectivity index (χ0n) is 17.4. The third-order valence-electron chi connectivity index (χ3n) is 4.98. The SMILES string of the molecule is Cc1ccc(C#Cc2ccc(S(=O)(=O)N[C@@H](Cc3c[nH]c4ccc(F)cc34)C(=O)O)s2)cc1. The van der Waals surface area contributed by atoms with Gasteiger partial charge < -0.3 is 10.1 Å². The molecule has 0 bridgehead atoms. The highest BCUT2D eigenvalue weighted by Gasteiger charge is 2.27. The Hall–Kier alpha value is -3.45. The molecule has 2 aromatic heterocycles. The summed E-state index contributed by atoms with van der Waals surface area (Å²) in [5.41, 5.74) is 3.04. The van der Waals surface area contributed by atoms with Crippen LogP contribution in [0.4, 0.5) is 4.39 Å². The first-order chi connectivity index (χ1) is 15.7. The van der Waals surface area contributed by atoms with Gasteiger partial charge in [-0.05, 0) is 55.0 Å². The standard InChI is InChI=1S/C24H19FN2O4S2/c1-15-2-4-16(5-3-15)6-8-19-9-11-23(32-19)33(30,31)27-22(24(28)29)12-17-14-26-21-10-7-18(25)13-20(17)21/h2-5,7,9-11,13-14,22,26-27H,12H2,1H3,(H,28,29)/t22-/m0/s1. The predicted molar refractivity (Wildman–Crippen MR) is 125 cm³/mol. The van der Waals surface area contributed by atoms with Crippen LogP contribution >= 0.6 is 11.3 Å². The van der Waals surface area contributed by atoms with Crippen LogP contribution in [0.1, 0.15) is 21.6 Å². The topological polar surface area (TPSA) is 99.3 Å². The van der Waals surface area contributed by atoms with Gasteiger partial charge in [-0.25, -0.2) is 12.8 Å². The minimum absolute atomic E-state index is 0.0353. The van der Waals surface area contributed by atoms with Crippen molar-refractivity contribution in [2.75, 3.05) is 0 Å². The van der Waals surface area contributed by atoms with E-state index in [9.17, 15) is 22.7 Å². The van der Waals surface area contributed by atoms with Crippen molar-refractivity contribution in [2.24, 2.45) is 0 Å². The van der Waals surface area contributed by atoms with Crippen molar-refractivity contribution in [2.45, 2.75) is 23.6 Å². The third kappa shape index (κ3) is 5.31. The molecule has 0 saturated carbocycles. The molecule has 0 fully saturated rings. The van der Waals surface area contributed by atoms with Gasteiger partial charge in [0.25, 0.3) is 10.0 Å². The molecule has 9 heteroatoms. The second-order valence-electron chi connectivity index (χ2n) is 7.45. The van der Waals surface area contributed by atoms with Crippen molar-refractivity contribution in [1.82, 2.24) is 9.71 Å². The first-order valence-electron chi connectivity index (χ1n) is 9.90. The fourth-order valence-corrected chi connectivity index (χ4v) is 5.63. The zero-order valence-corrected chi connectivity index (χ0v) is 19.1. The molecule has 2 aromatic carbocycles. The van der Waals surface area contributed by atoms with Crippen LogP contribution in [-0.4, -0.2) is 30.5 Å². The van der Waals surface area contributed by atoms with E-state index in [4.69, 9.17) is 0 Å². The molecule has 3 N–H and O–H groups in total. The van der Waals surface area contributed by atoms with Gasteiger partial charge in [0.1, 0.15) is 16.1 Å². The van der Waals surface area contributed by atoms with E-state index in [1.807, 2.05) is 31.2 Å². The first-order valence-corrected chi connectivity index (χ1v) is 12.2. The van der Waals surface area contributed by atoms with E-state index in [1.165, 1.54) is 18.2 Å². The van der Waals surface area contributed by atoms with Crippen molar-refractivity contribution in [3.63, 3.8) is 0 Å². The number of carboxylic acid groups (broad SMARTS) is 1. The lowest BCUT2D eigenvalue weighted by molar-refractivity contribution is -0.138. The quantitative estimate of drug-likeness (QED) is 0.361. The van der Waals surface area contributed by atoms with Crippen LogP contribution in [0.25, 0.3) is 10.9 Å². The number of aromatic nitrogens is 1. The maximum atomic E-state index is 13.6. The van der Waals surface area contributed by atoms with Gasteiger partial charge in [0.15, 0.2) is 0 Å². The summed E-state index contributed by atoms with van der Waals surface area (Å²) < 4.78 is 41.5. The molecule has 0 spiro atoms. The van der Waals surface area contributed by atoms with Gasteiger partial charge in [-0.3, -0.25) is 4.79 Å². The molecular weight excluding hydrogens is 463 g/mol. The highest BCUT2D eigenvalue weighted by Crippen LogP contribution is 2.24. The number of rotatable bonds is 6. The number of hydrogen-bond acceptors (Lipinski definition) is 4. The summed E-state index contributed by atoms with van der Waals surface area (Å²) in [5.74, 6) is 4.11. The Bertz CT molecular complexity index is 1490. The molecule has 6 nitrogen and oxygen atoms in total. The van der Waals surface area contributed by atoms with E-state index in [2.05, 4.69) is 21.5 Å². The molecule has 33 heavy (non-hydrogen) atoms. The molecule has 2 heterocycles. The molecule has 0 saturated heterocycles. The number of nitrogens with one attached hydrogen (secondary N) is 2. The minimum Gasteiger partial charge on any atom is -0.480 e. The summed E-state index contributed by atoms with van der Waals surface area (Å²) in [7, 11) is -4.10. The molecule has 0 aliphatic heterocycles. The Kier molecular flexibility index (Phi) is 6.33. The number of sulfonamides is 1. The zero-order chi connectivity index (χ0) is 23.6. The number of carboxylic acids is 1. The van der Waals surface area contributed by atoms with Crippen molar-refractivity contribution in [3.05, 3.63) is 88.2 Å². The Morgan fingerprint density at radius 2 is 1.91 bits per heavy atom. The van der Waals surface area contributed by atoms with Crippen LogP contribution in [0, 0.1) is 24.6 Å². The van der Waals surface area contributed by atoms with Gasteiger partial charge in [0.2, 0.25) is 0 Å². The fraction of sp³-hybridized carbons (Fsp3) is 0.125. The number of carbonyl (C=O) groups is 1. The van der Waals surface area contributed by atoms with Gasteiger partial charge in [0.05, 0.1) is 4.88 Å². The number of fused-ring (bicyclic) bond motifs is 1. The largest absolute Gasteiger partial charge is 0.480 e. The summed E-state index contributed by atoms with van der Waals surface area (Å²) in [5, 5.41) is 10.1. The molecule has 168 valence electrons. The number of aliphatic carboxylic acids is 1. The Morgan fingerprint density at radius 3 is 2.64 bits per heavy atom. The summed E-state index contributed by atoms with van der Waals surface area (Å²) in [6.45, 7) is 1.97. The molecule has 4 rings (SSSR count). The van der Waals surface area contributed by atoms with Crippen molar-refractivity contribution in [1.29, 1.82) is 0 Å². The van der Waals surface area contributed by atoms with Crippen LogP contribution in [0.15, 0.2) is 65.0 Å². The number of hydrogen-bond donors (Lipinski definition) is 3. The van der Waals surface area contributed by atoms with Gasteiger partial charge in [-0.1, -0.05) is 29.5 Å². The number of thiophene rings is 1. The van der Waals surface area contributed by atoms with E-state index >= 15 is 0 Å². The lowest BCUT2D eigenvalue weighted by Crippen LogP contribution is -2.41. The monoisotopic (exact) mass is 482 g/mol. The van der Waals surface area contributed by atoms with E-state index in [0.29, 0.717) is 21.3 Å². The second kappa shape index (κ2) is 9.19. The Balaban J connectivity index is 1.53. The summed E-state index contributed by atoms with van der Waals surface area (Å²) >= 11 is 0.956. The minimum atomic E-state index is -4.10. The Morgan fingerprint density at radius 1 is 1.15 bits per heavy atom. The third-order valence-corrected chi connectivity index (χ3v) is 7.94. The van der Waals surface area contributed by atoms with Crippen LogP contribution in [0.3, 0.4) is 0 Å². The fourth-order valence-electron chi connectivity index (χ4n) is 3.27. The van der Waals surface area contributed by atoms with Crippen LogP contribution in [0.5, 0.6) is 0 Å². The number of benzene rings is 2. The lowest BCUT2D eigenvalue weighted by Gasteiger charge is -2.13. The summed E-state index contributed by atoms with van der Waals surface area (Å²) in [6.07, 6.45) is 1.40. The molecule has 0 amide bonds. The molecule has 1 atom stereocenters. The van der Waals surface area contributed by atoms with Crippen molar-refractivity contribution in [3.8, 4) is 11.8 Å². The molecule has 4 aromatic rings. The highest BCUT2D eigenvalue weighted by molar-refractivity contribution is 7.91. The van der Waals surface area contributed by atoms with Gasteiger partial charge in [0, 0.05) is 29.1 Å². The summed E-state index contributed by atoms with van der Waals surface area (Å²) in [4.78, 5) is 15.3. The van der Waals surface area contributed by atoms with Gasteiger partial charge in [-0.2, -0.15) is 4.72 Å². The van der Waals surface area contributed by atoms with Crippen LogP contribution in [-0.2, 0) is 21.2 Å². The van der Waals surface area contributed by atoms with Crippen molar-refractivity contribution >= 4 is 38.2 Å². The lowest BCUT2D eigenvalue weighted by atomic mass is 10.1. The van der Waals surface area contributed by atoms with E-state index in [-0.39, 0.29) is 10.6 Å². The van der Waals surface area contributed by atoms with E-state index < -0.39 is 27.9 Å². The number of aromatic amines is 1. The van der Waals surface area contributed by atoms with Crippen LogP contribution < -0.4 is 4.72 Å². The van der Waals surface area contributed by atoms with Gasteiger partial charge in [-0.15, -0.1) is 11.3 Å². The second-order valence-corrected chi connectivity index (χ2v) is 10.5. The van der Waals surface area contributed by atoms with E-state index in [0.717, 1.165) is 22.5 Å². The molecule has 0 radical (unpaired) electrons. The predicted octanol–water partition coefficient (Wildman–Crippen LogP) is 4.05. The molecular formula is C24H19FN2O4S2. The number of H-pyrrole nitrogens is 1. The summed E-state index contributed by atoms with van der Waals surface area (Å²) in [6, 6.07) is 13.3. The molecule has 0 aliphatic carbocycles. The average molecular weight is 483 g/mol. The highest BCUT2D eigenvalue weighted by atomic mass is 32.2. The normalized spacial score (nSPS) is 12.3. The van der Waals surface area contributed by atoms with Crippen LogP contribution in [0.2, 0.25) is 0 Å².